The van der Waals surface area contributed by atoms with E-state index in [1.165, 1.54) is 53.0 Å². The van der Waals surface area contributed by atoms with Crippen molar-refractivity contribution < 1.29 is 43.9 Å². The maximum atomic E-state index is 13.4. The van der Waals surface area contributed by atoms with Crippen molar-refractivity contribution in [2.24, 2.45) is 11.8 Å². The molecule has 0 nitrogen and oxygen atoms in total. The molecule has 11 heteroatoms. The summed E-state index contributed by atoms with van der Waals surface area (Å²) >= 11 is 0. The van der Waals surface area contributed by atoms with E-state index in [1.54, 1.807) is 0 Å². The monoisotopic (exact) mass is 550 g/mol. The maximum absolute atomic E-state index is 13.4. The van der Waals surface area contributed by atoms with Gasteiger partial charge >= 0.3 is 0 Å². The quantitative estimate of drug-likeness (QED) is 0.120. The highest BCUT2D eigenvalue weighted by Crippen LogP contribution is 2.37. The number of hydrogen-bond donors (Lipinski definition) is 0. The molecule has 2 aromatic rings. The van der Waals surface area contributed by atoms with Crippen LogP contribution in [0, 0.1) is 70.0 Å². The third-order valence-electron chi connectivity index (χ3n) is 5.75. The van der Waals surface area contributed by atoms with E-state index in [0.29, 0.717) is 0 Å². The van der Waals surface area contributed by atoms with Gasteiger partial charge < -0.3 is 0 Å². The Balaban J connectivity index is 0.000000402. The smallest absolute Gasteiger partial charge is 0.200 e. The van der Waals surface area contributed by atoms with Gasteiger partial charge in [-0.2, -0.15) is 0 Å². The summed E-state index contributed by atoms with van der Waals surface area (Å²) in [6.45, 7) is 9.39. The van der Waals surface area contributed by atoms with Crippen LogP contribution in [-0.4, -0.2) is 12.3 Å². The van der Waals surface area contributed by atoms with Gasteiger partial charge in [-0.25, -0.2) is 43.9 Å². The van der Waals surface area contributed by atoms with Crippen molar-refractivity contribution >= 4 is 8.58 Å². The first-order valence-electron chi connectivity index (χ1n) is 11.6. The van der Waals surface area contributed by atoms with Crippen LogP contribution in [0.1, 0.15) is 59.8 Å². The van der Waals surface area contributed by atoms with Gasteiger partial charge in [0.15, 0.2) is 46.5 Å². The maximum Gasteiger partial charge on any atom is 0.200 e. The zero-order chi connectivity index (χ0) is 27.7. The molecular weight excluding hydrogens is 521 g/mol. The predicted molar refractivity (Wildman–Crippen MR) is 122 cm³/mol. The Morgan fingerprint density at radius 3 is 1.19 bits per heavy atom. The Morgan fingerprint density at radius 1 is 0.528 bits per heavy atom. The molecule has 0 heterocycles. The first-order valence-corrected chi connectivity index (χ1v) is 13.0. The van der Waals surface area contributed by atoms with Crippen molar-refractivity contribution in [1.29, 1.82) is 0 Å². The fraction of sp³-hybridized carbons (Fsp3) is 0.520. The van der Waals surface area contributed by atoms with E-state index in [2.05, 4.69) is 27.7 Å². The summed E-state index contributed by atoms with van der Waals surface area (Å²) in [5, 5.41) is 0. The molecule has 0 N–H and O–H groups in total. The molecule has 0 spiro atoms. The van der Waals surface area contributed by atoms with Crippen LogP contribution in [0.25, 0.3) is 11.1 Å². The molecule has 0 saturated heterocycles. The molecule has 3 unspecified atom stereocenters. The topological polar surface area (TPSA) is 0 Å². The average molecular weight is 550 g/mol. The van der Waals surface area contributed by atoms with E-state index < -0.39 is 69.3 Å². The van der Waals surface area contributed by atoms with Gasteiger partial charge in [-0.3, -0.25) is 0 Å². The minimum atomic E-state index is -2.68. The van der Waals surface area contributed by atoms with Crippen LogP contribution >= 0.6 is 8.58 Å². The van der Waals surface area contributed by atoms with E-state index in [0.717, 1.165) is 11.8 Å². The summed E-state index contributed by atoms with van der Waals surface area (Å²) in [5.74, 6) is -24.7. The molecule has 3 atom stereocenters. The zero-order valence-corrected chi connectivity index (χ0v) is 21.4. The summed E-state index contributed by atoms with van der Waals surface area (Å²) in [4.78, 5) is 0. The van der Waals surface area contributed by atoms with Crippen molar-refractivity contribution in [3.63, 3.8) is 0 Å². The molecule has 0 radical (unpaired) electrons. The standard InChI is InChI=1S/C13H29P.C12F10/c1-5-8-13(6-2)10-9-12(4)11-14-7-3;13-3-1(4(14)8(18)11(21)7(3)17)2-5(15)9(19)12(22)10(20)6(2)16/h12-14H,5-11H2,1-4H3;. The highest BCUT2D eigenvalue weighted by Gasteiger charge is 2.34. The normalized spacial score (nSPS) is 13.2. The second-order valence-electron chi connectivity index (χ2n) is 8.44. The number of benzene rings is 2. The molecule has 204 valence electrons. The molecule has 0 aromatic heterocycles. The second kappa shape index (κ2) is 14.8. The summed E-state index contributed by atoms with van der Waals surface area (Å²) in [7, 11) is 1.20. The van der Waals surface area contributed by atoms with Crippen LogP contribution in [0.5, 0.6) is 0 Å². The lowest BCUT2D eigenvalue weighted by atomic mass is 9.92. The van der Waals surface area contributed by atoms with E-state index >= 15 is 0 Å². The number of rotatable bonds is 10. The molecule has 0 aliphatic carbocycles. The third kappa shape index (κ3) is 7.59. The van der Waals surface area contributed by atoms with Crippen LogP contribution in [-0.2, 0) is 0 Å². The van der Waals surface area contributed by atoms with E-state index in [1.807, 2.05) is 0 Å². The molecule has 0 fully saturated rings. The zero-order valence-electron chi connectivity index (χ0n) is 20.4. The minimum absolute atomic E-state index is 0.971. The van der Waals surface area contributed by atoms with Crippen molar-refractivity contribution in [2.75, 3.05) is 12.3 Å². The number of hydrogen-bond acceptors (Lipinski definition) is 0. The summed E-state index contributed by atoms with van der Waals surface area (Å²) in [5.41, 5.74) is -4.52. The van der Waals surface area contributed by atoms with E-state index in [9.17, 15) is 43.9 Å². The first kappa shape index (κ1) is 32.2. The second-order valence-corrected chi connectivity index (χ2v) is 10.1. The Bertz CT molecular complexity index is 899. The SMILES string of the molecule is CCCC(CC)CCC(C)CPCC.Fc1c(F)c(F)c(-c2c(F)c(F)c(F)c(F)c2F)c(F)c1F. The highest BCUT2D eigenvalue weighted by molar-refractivity contribution is 7.37. The van der Waals surface area contributed by atoms with Gasteiger partial charge in [0.1, 0.15) is 0 Å². The van der Waals surface area contributed by atoms with Gasteiger partial charge in [-0.1, -0.05) is 59.8 Å². The molecule has 2 aromatic carbocycles. The fourth-order valence-electron chi connectivity index (χ4n) is 3.62. The van der Waals surface area contributed by atoms with Gasteiger partial charge in [0, 0.05) is 0 Å². The van der Waals surface area contributed by atoms with Crippen molar-refractivity contribution in [1.82, 2.24) is 0 Å². The molecule has 36 heavy (non-hydrogen) atoms. The van der Waals surface area contributed by atoms with Crippen LogP contribution < -0.4 is 0 Å². The van der Waals surface area contributed by atoms with E-state index in [4.69, 9.17) is 0 Å². The lowest BCUT2D eigenvalue weighted by Crippen LogP contribution is -2.10. The number of halogens is 10. The Labute approximate surface area is 206 Å². The van der Waals surface area contributed by atoms with Crippen LogP contribution in [0.3, 0.4) is 0 Å². The van der Waals surface area contributed by atoms with E-state index in [-0.39, 0.29) is 0 Å². The molecule has 2 rings (SSSR count). The van der Waals surface area contributed by atoms with Gasteiger partial charge in [-0.05, 0) is 24.2 Å². The molecule has 0 saturated carbocycles. The highest BCUT2D eigenvalue weighted by atomic mass is 31.1. The first-order chi connectivity index (χ1) is 16.8. The van der Waals surface area contributed by atoms with Crippen LogP contribution in [0.15, 0.2) is 0 Å². The largest absolute Gasteiger partial charge is 0.203 e. The van der Waals surface area contributed by atoms with Gasteiger partial charge in [-0.15, -0.1) is 8.58 Å². The van der Waals surface area contributed by atoms with Gasteiger partial charge in [0.25, 0.3) is 0 Å². The van der Waals surface area contributed by atoms with Crippen molar-refractivity contribution in [2.45, 2.75) is 59.8 Å². The Morgan fingerprint density at radius 2 is 0.889 bits per heavy atom. The minimum Gasteiger partial charge on any atom is -0.203 e. The third-order valence-corrected chi connectivity index (χ3v) is 7.24. The lowest BCUT2D eigenvalue weighted by molar-refractivity contribution is 0.370. The Kier molecular flexibility index (Phi) is 13.2. The van der Waals surface area contributed by atoms with Crippen LogP contribution in [0.2, 0.25) is 0 Å². The predicted octanol–water partition coefficient (Wildman–Crippen LogP) is 9.67. The molecule has 0 aliphatic rings. The lowest BCUT2D eigenvalue weighted by Gasteiger charge is -2.16. The van der Waals surface area contributed by atoms with Crippen molar-refractivity contribution in [3.8, 4) is 11.1 Å². The van der Waals surface area contributed by atoms with Gasteiger partial charge in [0.05, 0.1) is 11.1 Å². The molecule has 0 bridgehead atoms. The summed E-state index contributed by atoms with van der Waals surface area (Å²) < 4.78 is 131. The summed E-state index contributed by atoms with van der Waals surface area (Å²) in [6, 6.07) is 0. The molecule has 0 amide bonds. The Hall–Kier alpha value is -1.83. The average Bonchev–Trinajstić information content (AvgIpc) is 2.87. The fourth-order valence-corrected chi connectivity index (χ4v) is 4.61. The van der Waals surface area contributed by atoms with Crippen LogP contribution in [0.4, 0.5) is 43.9 Å². The molecule has 0 aliphatic heterocycles. The van der Waals surface area contributed by atoms with Gasteiger partial charge in [0.2, 0.25) is 11.6 Å². The summed E-state index contributed by atoms with van der Waals surface area (Å²) in [6.07, 6.45) is 9.99. The molecular formula is C25H29F10P. The van der Waals surface area contributed by atoms with Crippen molar-refractivity contribution in [3.05, 3.63) is 58.2 Å².